The molecular weight excluding hydrogens is 192 g/mol. The van der Waals surface area contributed by atoms with Crippen LogP contribution in [-0.2, 0) is 4.79 Å². The smallest absolute Gasteiger partial charge is 0.416 e. The number of H-pyrrole nitrogens is 1. The summed E-state index contributed by atoms with van der Waals surface area (Å²) >= 11 is 0. The number of aliphatic carboxylic acids is 1. The number of hydrogen-bond donors (Lipinski definition) is 3. The molecule has 0 saturated heterocycles. The molecule has 1 rings (SSSR count). The molecule has 76 valence electrons. The van der Waals surface area contributed by atoms with E-state index in [1.807, 2.05) is 0 Å². The van der Waals surface area contributed by atoms with Crippen LogP contribution in [0, 0.1) is 0 Å². The van der Waals surface area contributed by atoms with Gasteiger partial charge in [-0.3, -0.25) is 14.6 Å². The summed E-state index contributed by atoms with van der Waals surface area (Å²) in [5.74, 6) is -2.53. The van der Waals surface area contributed by atoms with E-state index in [0.29, 0.717) is 0 Å². The molecule has 0 radical (unpaired) electrons. The second kappa shape index (κ2) is 4.26. The lowest BCUT2D eigenvalue weighted by molar-refractivity contribution is -0.136. The largest absolute Gasteiger partial charge is 0.481 e. The van der Waals surface area contributed by atoms with E-state index in [-0.39, 0.29) is 18.7 Å². The molecule has 1 aromatic rings. The Morgan fingerprint density at radius 2 is 2.29 bits per heavy atom. The predicted octanol–water partition coefficient (Wildman–Crippen LogP) is -0.828. The summed E-state index contributed by atoms with van der Waals surface area (Å²) in [6.45, 7) is -0.0109. The molecule has 1 amide bonds. The molecule has 0 aliphatic heterocycles. The van der Waals surface area contributed by atoms with E-state index in [2.05, 4.69) is 14.7 Å². The first-order valence-corrected chi connectivity index (χ1v) is 3.78. The summed E-state index contributed by atoms with van der Waals surface area (Å²) in [6, 6.07) is 0. The molecule has 0 atom stereocenters. The maximum Gasteiger partial charge on any atom is 0.416 e. The zero-order valence-electron chi connectivity index (χ0n) is 7.07. The molecule has 0 aliphatic rings. The summed E-state index contributed by atoms with van der Waals surface area (Å²) in [5.41, 5.74) is 0. The molecule has 0 spiro atoms. The Morgan fingerprint density at radius 1 is 1.57 bits per heavy atom. The monoisotopic (exact) mass is 200 g/mol. The SMILES string of the molecule is O=C(O)CCNC(=O)c1c[nH]c(=O)o1. The highest BCUT2D eigenvalue weighted by Crippen LogP contribution is 1.91. The lowest BCUT2D eigenvalue weighted by Gasteiger charge is -1.98. The van der Waals surface area contributed by atoms with Gasteiger partial charge in [-0.25, -0.2) is 4.79 Å². The number of amides is 1. The maximum absolute atomic E-state index is 11.1. The minimum absolute atomic E-state index is 0.0109. The molecule has 0 fully saturated rings. The van der Waals surface area contributed by atoms with Crippen LogP contribution in [0.5, 0.6) is 0 Å². The van der Waals surface area contributed by atoms with Gasteiger partial charge in [-0.1, -0.05) is 0 Å². The zero-order valence-corrected chi connectivity index (χ0v) is 7.07. The van der Waals surface area contributed by atoms with Crippen molar-refractivity contribution in [1.82, 2.24) is 10.3 Å². The van der Waals surface area contributed by atoms with Crippen molar-refractivity contribution in [1.29, 1.82) is 0 Å². The van der Waals surface area contributed by atoms with Gasteiger partial charge in [-0.2, -0.15) is 0 Å². The molecule has 7 heteroatoms. The van der Waals surface area contributed by atoms with Crippen LogP contribution < -0.4 is 11.1 Å². The van der Waals surface area contributed by atoms with Gasteiger partial charge in [0.1, 0.15) is 0 Å². The van der Waals surface area contributed by atoms with Crippen LogP contribution in [0.2, 0.25) is 0 Å². The number of carbonyl (C=O) groups excluding carboxylic acids is 1. The zero-order chi connectivity index (χ0) is 10.6. The number of carboxylic acid groups (broad SMARTS) is 1. The van der Waals surface area contributed by atoms with Crippen molar-refractivity contribution in [2.45, 2.75) is 6.42 Å². The van der Waals surface area contributed by atoms with E-state index >= 15 is 0 Å². The fraction of sp³-hybridized carbons (Fsp3) is 0.286. The van der Waals surface area contributed by atoms with E-state index in [4.69, 9.17) is 5.11 Å². The Morgan fingerprint density at radius 3 is 2.79 bits per heavy atom. The highest BCUT2D eigenvalue weighted by atomic mass is 16.4. The lowest BCUT2D eigenvalue weighted by atomic mass is 10.4. The number of carbonyl (C=O) groups is 2. The van der Waals surface area contributed by atoms with Crippen LogP contribution in [0.3, 0.4) is 0 Å². The van der Waals surface area contributed by atoms with Gasteiger partial charge in [0.2, 0.25) is 5.76 Å². The number of nitrogens with one attached hydrogen (secondary N) is 2. The third-order valence-corrected chi connectivity index (χ3v) is 1.37. The summed E-state index contributed by atoms with van der Waals surface area (Å²) in [5, 5.41) is 10.5. The van der Waals surface area contributed by atoms with Gasteiger partial charge in [-0.05, 0) is 0 Å². The van der Waals surface area contributed by atoms with Crippen molar-refractivity contribution in [3.63, 3.8) is 0 Å². The minimum Gasteiger partial charge on any atom is -0.481 e. The first kappa shape index (κ1) is 10.0. The van der Waals surface area contributed by atoms with E-state index in [1.54, 1.807) is 0 Å². The summed E-state index contributed by atoms with van der Waals surface area (Å²) in [4.78, 5) is 33.8. The normalized spacial score (nSPS) is 9.71. The van der Waals surface area contributed by atoms with Gasteiger partial charge in [0.05, 0.1) is 12.6 Å². The average Bonchev–Trinajstić information content (AvgIpc) is 2.51. The van der Waals surface area contributed by atoms with Crippen molar-refractivity contribution in [2.24, 2.45) is 0 Å². The number of hydrogen-bond acceptors (Lipinski definition) is 4. The molecule has 0 bridgehead atoms. The molecule has 7 nitrogen and oxygen atoms in total. The molecule has 1 heterocycles. The van der Waals surface area contributed by atoms with Crippen molar-refractivity contribution in [2.75, 3.05) is 6.54 Å². The number of carboxylic acids is 1. The third kappa shape index (κ3) is 2.77. The summed E-state index contributed by atoms with van der Waals surface area (Å²) in [6.07, 6.45) is 0.929. The lowest BCUT2D eigenvalue weighted by Crippen LogP contribution is -2.25. The maximum atomic E-state index is 11.1. The first-order valence-electron chi connectivity index (χ1n) is 3.78. The van der Waals surface area contributed by atoms with Gasteiger partial charge < -0.3 is 14.8 Å². The Balaban J connectivity index is 2.43. The fourth-order valence-corrected chi connectivity index (χ4v) is 0.765. The van der Waals surface area contributed by atoms with Gasteiger partial charge >= 0.3 is 11.7 Å². The molecule has 3 N–H and O–H groups in total. The van der Waals surface area contributed by atoms with Gasteiger partial charge in [-0.15, -0.1) is 0 Å². The summed E-state index contributed by atoms with van der Waals surface area (Å²) in [7, 11) is 0. The Hall–Kier alpha value is -2.05. The molecule has 0 aromatic carbocycles. The first-order chi connectivity index (χ1) is 6.59. The van der Waals surface area contributed by atoms with Crippen molar-refractivity contribution in [3.05, 3.63) is 22.5 Å². The number of aromatic amines is 1. The van der Waals surface area contributed by atoms with Crippen LogP contribution in [0.25, 0.3) is 0 Å². The second-order valence-corrected chi connectivity index (χ2v) is 2.44. The van der Waals surface area contributed by atoms with E-state index < -0.39 is 17.6 Å². The number of oxazole rings is 1. The van der Waals surface area contributed by atoms with E-state index in [9.17, 15) is 14.4 Å². The number of aromatic nitrogens is 1. The van der Waals surface area contributed by atoms with Crippen LogP contribution in [0.4, 0.5) is 0 Å². The van der Waals surface area contributed by atoms with Crippen LogP contribution in [-0.4, -0.2) is 28.5 Å². The molecule has 0 unspecified atom stereocenters. The second-order valence-electron chi connectivity index (χ2n) is 2.44. The third-order valence-electron chi connectivity index (χ3n) is 1.37. The predicted molar refractivity (Wildman–Crippen MR) is 43.9 cm³/mol. The Labute approximate surface area is 77.7 Å². The highest BCUT2D eigenvalue weighted by molar-refractivity contribution is 5.91. The van der Waals surface area contributed by atoms with E-state index in [0.717, 1.165) is 6.20 Å². The Bertz CT molecular complexity index is 391. The fourth-order valence-electron chi connectivity index (χ4n) is 0.765. The molecular formula is C7H8N2O5. The topological polar surface area (TPSA) is 112 Å². The molecule has 0 aliphatic carbocycles. The van der Waals surface area contributed by atoms with Crippen LogP contribution in [0.15, 0.2) is 15.4 Å². The Kier molecular flexibility index (Phi) is 3.05. The van der Waals surface area contributed by atoms with Crippen LogP contribution in [0.1, 0.15) is 17.0 Å². The van der Waals surface area contributed by atoms with Crippen LogP contribution >= 0.6 is 0 Å². The number of rotatable bonds is 4. The summed E-state index contributed by atoms with van der Waals surface area (Å²) < 4.78 is 4.43. The molecule has 0 saturated carbocycles. The van der Waals surface area contributed by atoms with Gasteiger partial charge in [0, 0.05) is 6.54 Å². The quantitative estimate of drug-likeness (QED) is 0.587. The molecule has 14 heavy (non-hydrogen) atoms. The van der Waals surface area contributed by atoms with Gasteiger partial charge in [0.25, 0.3) is 5.91 Å². The van der Waals surface area contributed by atoms with Crippen molar-refractivity contribution in [3.8, 4) is 0 Å². The van der Waals surface area contributed by atoms with Gasteiger partial charge in [0.15, 0.2) is 0 Å². The van der Waals surface area contributed by atoms with E-state index in [1.165, 1.54) is 0 Å². The van der Waals surface area contributed by atoms with Crippen molar-refractivity contribution >= 4 is 11.9 Å². The molecule has 1 aromatic heterocycles. The van der Waals surface area contributed by atoms with Crippen molar-refractivity contribution < 1.29 is 19.1 Å². The highest BCUT2D eigenvalue weighted by Gasteiger charge is 2.09. The minimum atomic E-state index is -1.01. The standard InChI is InChI=1S/C7H8N2O5/c10-5(11)1-2-8-6(12)4-3-9-7(13)14-4/h3H,1-2H2,(H,8,12)(H,9,13)(H,10,11). The average molecular weight is 200 g/mol.